The number of carbonyl (C=O) groups excluding carboxylic acids is 3. The number of nitrogens with one attached hydrogen (secondary N) is 2. The van der Waals surface area contributed by atoms with Crippen molar-refractivity contribution in [2.45, 2.75) is 29.7 Å². The molecular formula is C21H25N5O5S2. The van der Waals surface area contributed by atoms with Gasteiger partial charge in [0.15, 0.2) is 4.34 Å². The molecule has 0 bridgehead atoms. The van der Waals surface area contributed by atoms with Gasteiger partial charge in [0.1, 0.15) is 5.75 Å². The van der Waals surface area contributed by atoms with Crippen LogP contribution < -0.4 is 20.3 Å². The number of anilines is 2. The molecule has 2 atom stereocenters. The average Bonchev–Trinajstić information content (AvgIpc) is 3.58. The lowest BCUT2D eigenvalue weighted by Gasteiger charge is -2.16. The van der Waals surface area contributed by atoms with Gasteiger partial charge in [-0.3, -0.25) is 14.4 Å². The molecule has 0 spiro atoms. The zero-order valence-electron chi connectivity index (χ0n) is 18.1. The molecule has 10 nitrogen and oxygen atoms in total. The maximum absolute atomic E-state index is 12.7. The Labute approximate surface area is 199 Å². The van der Waals surface area contributed by atoms with Gasteiger partial charge in [-0.25, -0.2) is 0 Å². The second-order valence-corrected chi connectivity index (χ2v) is 9.89. The molecule has 2 aliphatic heterocycles. The van der Waals surface area contributed by atoms with Crippen LogP contribution in [0.25, 0.3) is 0 Å². The first-order valence-corrected chi connectivity index (χ1v) is 12.4. The van der Waals surface area contributed by atoms with Gasteiger partial charge in [0, 0.05) is 31.8 Å². The van der Waals surface area contributed by atoms with E-state index in [2.05, 4.69) is 20.8 Å². The van der Waals surface area contributed by atoms with Crippen molar-refractivity contribution in [3.05, 3.63) is 24.3 Å². The zero-order chi connectivity index (χ0) is 23.2. The smallest absolute Gasteiger partial charge is 0.231 e. The Kier molecular flexibility index (Phi) is 7.78. The SMILES string of the molecule is COc1ccc(N2C[C@@H](C(=O)Nc3nnc(SCC(=O)NC[C@@H]4CCCO4)s3)CC2=O)cc1. The lowest BCUT2D eigenvalue weighted by Crippen LogP contribution is -2.32. The summed E-state index contributed by atoms with van der Waals surface area (Å²) >= 11 is 2.46. The summed E-state index contributed by atoms with van der Waals surface area (Å²) in [5.74, 6) is -0.0554. The molecule has 1 aromatic heterocycles. The fraction of sp³-hybridized carbons (Fsp3) is 0.476. The molecule has 2 aromatic rings. The molecule has 0 aliphatic carbocycles. The fourth-order valence-corrected chi connectivity index (χ4v) is 5.22. The van der Waals surface area contributed by atoms with Gasteiger partial charge in [-0.05, 0) is 37.1 Å². The van der Waals surface area contributed by atoms with Gasteiger partial charge >= 0.3 is 0 Å². The van der Waals surface area contributed by atoms with Crippen LogP contribution in [0.15, 0.2) is 28.6 Å². The molecule has 176 valence electrons. The van der Waals surface area contributed by atoms with Crippen molar-refractivity contribution in [3.63, 3.8) is 0 Å². The van der Waals surface area contributed by atoms with Crippen molar-refractivity contribution >= 4 is 51.6 Å². The number of rotatable bonds is 9. The van der Waals surface area contributed by atoms with E-state index in [9.17, 15) is 14.4 Å². The lowest BCUT2D eigenvalue weighted by atomic mass is 10.1. The van der Waals surface area contributed by atoms with Crippen LogP contribution in [-0.2, 0) is 19.1 Å². The first kappa shape index (κ1) is 23.5. The Balaban J connectivity index is 1.23. The summed E-state index contributed by atoms with van der Waals surface area (Å²) in [6, 6.07) is 7.14. The van der Waals surface area contributed by atoms with Crippen molar-refractivity contribution in [2.75, 3.05) is 42.8 Å². The van der Waals surface area contributed by atoms with E-state index in [1.807, 2.05) is 0 Å². The second kappa shape index (κ2) is 10.9. The number of thioether (sulfide) groups is 1. The molecule has 12 heteroatoms. The van der Waals surface area contributed by atoms with Crippen molar-refractivity contribution in [2.24, 2.45) is 5.92 Å². The van der Waals surface area contributed by atoms with E-state index < -0.39 is 5.92 Å². The van der Waals surface area contributed by atoms with E-state index >= 15 is 0 Å². The van der Waals surface area contributed by atoms with Crippen LogP contribution in [0.2, 0.25) is 0 Å². The van der Waals surface area contributed by atoms with Crippen LogP contribution in [0.5, 0.6) is 5.75 Å². The van der Waals surface area contributed by atoms with Gasteiger partial charge in [0.25, 0.3) is 0 Å². The number of ether oxygens (including phenoxy) is 2. The third kappa shape index (κ3) is 6.21. The number of carbonyl (C=O) groups is 3. The summed E-state index contributed by atoms with van der Waals surface area (Å²) in [4.78, 5) is 38.7. The number of amides is 3. The predicted molar refractivity (Wildman–Crippen MR) is 125 cm³/mol. The highest BCUT2D eigenvalue weighted by atomic mass is 32.2. The summed E-state index contributed by atoms with van der Waals surface area (Å²) in [7, 11) is 1.58. The molecule has 3 heterocycles. The first-order valence-electron chi connectivity index (χ1n) is 10.6. The summed E-state index contributed by atoms with van der Waals surface area (Å²) in [5, 5.41) is 13.9. The maximum atomic E-state index is 12.7. The Morgan fingerprint density at radius 3 is 2.85 bits per heavy atom. The topological polar surface area (TPSA) is 123 Å². The largest absolute Gasteiger partial charge is 0.497 e. The Hall–Kier alpha value is -2.70. The van der Waals surface area contributed by atoms with Crippen LogP contribution in [0, 0.1) is 5.92 Å². The highest BCUT2D eigenvalue weighted by Gasteiger charge is 2.35. The number of methoxy groups -OCH3 is 1. The molecule has 2 N–H and O–H groups in total. The molecule has 2 saturated heterocycles. The van der Waals surface area contributed by atoms with Crippen molar-refractivity contribution in [1.29, 1.82) is 0 Å². The maximum Gasteiger partial charge on any atom is 0.231 e. The van der Waals surface area contributed by atoms with Gasteiger partial charge < -0.3 is 25.0 Å². The quantitative estimate of drug-likeness (QED) is 0.403. The summed E-state index contributed by atoms with van der Waals surface area (Å²) in [6.07, 6.45) is 2.23. The fourth-order valence-electron chi connectivity index (χ4n) is 3.63. The average molecular weight is 492 g/mol. The minimum absolute atomic E-state index is 0.0978. The molecule has 33 heavy (non-hydrogen) atoms. The van der Waals surface area contributed by atoms with Gasteiger partial charge in [-0.15, -0.1) is 10.2 Å². The number of aromatic nitrogens is 2. The molecule has 0 radical (unpaired) electrons. The van der Waals surface area contributed by atoms with Crippen LogP contribution in [0.1, 0.15) is 19.3 Å². The number of nitrogens with zero attached hydrogens (tertiary/aromatic N) is 3. The van der Waals surface area contributed by atoms with Crippen LogP contribution in [-0.4, -0.2) is 66.6 Å². The first-order chi connectivity index (χ1) is 16.0. The molecule has 2 fully saturated rings. The predicted octanol–water partition coefficient (Wildman–Crippen LogP) is 1.93. The van der Waals surface area contributed by atoms with E-state index in [4.69, 9.17) is 9.47 Å². The Bertz CT molecular complexity index is 993. The minimum atomic E-state index is -0.483. The molecule has 3 amide bonds. The third-order valence-corrected chi connectivity index (χ3v) is 7.37. The van der Waals surface area contributed by atoms with E-state index in [0.717, 1.165) is 25.1 Å². The van der Waals surface area contributed by atoms with Crippen LogP contribution >= 0.6 is 23.1 Å². The minimum Gasteiger partial charge on any atom is -0.497 e. The third-order valence-electron chi connectivity index (χ3n) is 5.39. The van der Waals surface area contributed by atoms with Crippen LogP contribution in [0.3, 0.4) is 0 Å². The summed E-state index contributed by atoms with van der Waals surface area (Å²) in [5.41, 5.74) is 0.725. The van der Waals surface area contributed by atoms with E-state index in [1.165, 1.54) is 23.1 Å². The van der Waals surface area contributed by atoms with E-state index in [1.54, 1.807) is 36.3 Å². The number of hydrogen-bond donors (Lipinski definition) is 2. The standard InChI is InChI=1S/C21H25N5O5S2/c1-30-15-6-4-14(5-7-15)26-11-13(9-18(26)28)19(29)23-20-24-25-21(33-20)32-12-17(27)22-10-16-3-2-8-31-16/h4-7,13,16H,2-3,8-12H2,1H3,(H,22,27)(H,23,24,29)/t13-,16-/m0/s1. The highest BCUT2D eigenvalue weighted by Crippen LogP contribution is 2.29. The van der Waals surface area contributed by atoms with E-state index in [-0.39, 0.29) is 36.0 Å². The summed E-state index contributed by atoms with van der Waals surface area (Å²) in [6.45, 7) is 1.57. The van der Waals surface area contributed by atoms with Gasteiger partial charge in [0.05, 0.1) is 24.9 Å². The zero-order valence-corrected chi connectivity index (χ0v) is 19.7. The molecular weight excluding hydrogens is 466 g/mol. The monoisotopic (exact) mass is 491 g/mol. The van der Waals surface area contributed by atoms with Gasteiger partial charge in [-0.2, -0.15) is 0 Å². The van der Waals surface area contributed by atoms with E-state index in [0.29, 0.717) is 28.3 Å². The van der Waals surface area contributed by atoms with Gasteiger partial charge in [-0.1, -0.05) is 23.1 Å². The van der Waals surface area contributed by atoms with Crippen molar-refractivity contribution in [1.82, 2.24) is 15.5 Å². The van der Waals surface area contributed by atoms with Crippen LogP contribution in [0.4, 0.5) is 10.8 Å². The van der Waals surface area contributed by atoms with Crippen molar-refractivity contribution in [3.8, 4) is 5.75 Å². The Morgan fingerprint density at radius 2 is 2.12 bits per heavy atom. The number of hydrogen-bond acceptors (Lipinski definition) is 9. The Morgan fingerprint density at radius 1 is 1.30 bits per heavy atom. The van der Waals surface area contributed by atoms with Crippen molar-refractivity contribution < 1.29 is 23.9 Å². The summed E-state index contributed by atoms with van der Waals surface area (Å²) < 4.78 is 11.2. The number of benzene rings is 1. The molecule has 0 unspecified atom stereocenters. The highest BCUT2D eigenvalue weighted by molar-refractivity contribution is 8.01. The van der Waals surface area contributed by atoms with Gasteiger partial charge in [0.2, 0.25) is 22.9 Å². The molecule has 1 aromatic carbocycles. The lowest BCUT2D eigenvalue weighted by molar-refractivity contribution is -0.122. The normalized spacial score (nSPS) is 20.2. The molecule has 0 saturated carbocycles. The molecule has 4 rings (SSSR count). The second-order valence-electron chi connectivity index (χ2n) is 7.69. The molecule has 2 aliphatic rings.